The van der Waals surface area contributed by atoms with E-state index in [0.29, 0.717) is 6.90 Å². The highest BCUT2D eigenvalue weighted by Gasteiger charge is 2.08. The van der Waals surface area contributed by atoms with Crippen LogP contribution in [0.4, 0.5) is 0 Å². The van der Waals surface area contributed by atoms with Crippen molar-refractivity contribution in [3.8, 4) is 11.4 Å². The van der Waals surface area contributed by atoms with Crippen LogP contribution in [-0.2, 0) is 7.05 Å². The molecule has 2 heteroatoms. The van der Waals surface area contributed by atoms with Crippen LogP contribution in [0.25, 0.3) is 22.4 Å². The van der Waals surface area contributed by atoms with E-state index >= 15 is 0 Å². The molecule has 0 radical (unpaired) electrons. The van der Waals surface area contributed by atoms with Gasteiger partial charge in [0.25, 0.3) is 0 Å². The highest BCUT2D eigenvalue weighted by atomic mass is 15.1. The number of aryl methyl sites for hydroxylation is 2. The molecule has 0 fully saturated rings. The first-order valence-corrected chi connectivity index (χ1v) is 5.59. The van der Waals surface area contributed by atoms with E-state index in [1.165, 1.54) is 0 Å². The lowest BCUT2D eigenvalue weighted by atomic mass is 10.1. The molecule has 1 aromatic heterocycles. The van der Waals surface area contributed by atoms with Gasteiger partial charge in [-0.1, -0.05) is 42.0 Å². The van der Waals surface area contributed by atoms with Crippen LogP contribution in [0.1, 0.15) is 6.93 Å². The van der Waals surface area contributed by atoms with E-state index in [9.17, 15) is 0 Å². The molecule has 0 bridgehead atoms. The van der Waals surface area contributed by atoms with E-state index in [4.69, 9.17) is 1.37 Å². The standard InChI is InChI=1S/C15H14N2/c1-11-7-9-12(10-8-11)15-16-13-5-3-4-6-14(13)17(15)2/h3-10H,1-2H3/i1D. The molecule has 0 aliphatic carbocycles. The number of hydrogen-bond donors (Lipinski definition) is 0. The molecule has 0 unspecified atom stereocenters. The lowest BCUT2D eigenvalue weighted by Crippen LogP contribution is -1.92. The fraction of sp³-hybridized carbons (Fsp3) is 0.133. The molecule has 0 aliphatic heterocycles. The maximum atomic E-state index is 7.33. The van der Waals surface area contributed by atoms with E-state index in [-0.39, 0.29) is 0 Å². The number of para-hydroxylation sites is 2. The van der Waals surface area contributed by atoms with Crippen LogP contribution in [0.2, 0.25) is 0 Å². The number of benzene rings is 2. The molecular weight excluding hydrogens is 208 g/mol. The molecule has 3 rings (SSSR count). The van der Waals surface area contributed by atoms with Crippen molar-refractivity contribution in [2.75, 3.05) is 0 Å². The first-order valence-electron chi connectivity index (χ1n) is 6.30. The number of fused-ring (bicyclic) bond motifs is 1. The maximum Gasteiger partial charge on any atom is 0.140 e. The summed E-state index contributed by atoms with van der Waals surface area (Å²) in [6.07, 6.45) is 0. The van der Waals surface area contributed by atoms with Gasteiger partial charge in [-0.2, -0.15) is 0 Å². The molecule has 1 heterocycles. The number of imidazole rings is 1. The second kappa shape index (κ2) is 3.74. The fourth-order valence-corrected chi connectivity index (χ4v) is 2.06. The summed E-state index contributed by atoms with van der Waals surface area (Å²) < 4.78 is 9.43. The van der Waals surface area contributed by atoms with Gasteiger partial charge in [-0.15, -0.1) is 0 Å². The van der Waals surface area contributed by atoms with E-state index in [1.807, 2.05) is 49.5 Å². The van der Waals surface area contributed by atoms with Crippen molar-refractivity contribution in [1.29, 1.82) is 0 Å². The van der Waals surface area contributed by atoms with Crippen molar-refractivity contribution in [1.82, 2.24) is 9.55 Å². The molecule has 0 aliphatic rings. The van der Waals surface area contributed by atoms with Gasteiger partial charge in [0.05, 0.1) is 11.0 Å². The van der Waals surface area contributed by atoms with Gasteiger partial charge in [0.15, 0.2) is 0 Å². The lowest BCUT2D eigenvalue weighted by molar-refractivity contribution is 0.959. The molecule has 0 saturated heterocycles. The van der Waals surface area contributed by atoms with Gasteiger partial charge in [0.2, 0.25) is 0 Å². The summed E-state index contributed by atoms with van der Waals surface area (Å²) in [6, 6.07) is 16.2. The van der Waals surface area contributed by atoms with E-state index in [1.54, 1.807) is 0 Å². The van der Waals surface area contributed by atoms with Crippen molar-refractivity contribution in [3.05, 3.63) is 54.1 Å². The van der Waals surface area contributed by atoms with Crippen LogP contribution >= 0.6 is 0 Å². The first kappa shape index (κ1) is 8.99. The molecule has 17 heavy (non-hydrogen) atoms. The SMILES string of the molecule is [2H]Cc1ccc(-c2nc3ccccc3n2C)cc1. The van der Waals surface area contributed by atoms with Gasteiger partial charge in [-0.3, -0.25) is 0 Å². The van der Waals surface area contributed by atoms with Crippen LogP contribution in [0.3, 0.4) is 0 Å². The Morgan fingerprint density at radius 2 is 1.82 bits per heavy atom. The van der Waals surface area contributed by atoms with Crippen LogP contribution < -0.4 is 0 Å². The Bertz CT molecular complexity index is 683. The third-order valence-corrected chi connectivity index (χ3v) is 3.00. The number of hydrogen-bond acceptors (Lipinski definition) is 1. The van der Waals surface area contributed by atoms with Gasteiger partial charge in [0.1, 0.15) is 5.82 Å². The quantitative estimate of drug-likeness (QED) is 0.617. The Kier molecular flexibility index (Phi) is 1.98. The van der Waals surface area contributed by atoms with Crippen LogP contribution in [0.5, 0.6) is 0 Å². The van der Waals surface area contributed by atoms with Crippen molar-refractivity contribution < 1.29 is 1.37 Å². The van der Waals surface area contributed by atoms with Gasteiger partial charge >= 0.3 is 0 Å². The molecule has 0 amide bonds. The third kappa shape index (κ3) is 1.62. The van der Waals surface area contributed by atoms with Gasteiger partial charge in [0, 0.05) is 14.0 Å². The zero-order chi connectivity index (χ0) is 12.5. The molecule has 0 spiro atoms. The second-order valence-corrected chi connectivity index (χ2v) is 4.18. The van der Waals surface area contributed by atoms with Crippen LogP contribution in [0.15, 0.2) is 48.5 Å². The average molecular weight is 223 g/mol. The summed E-state index contributed by atoms with van der Waals surface area (Å²) in [5.41, 5.74) is 4.26. The Hall–Kier alpha value is -2.09. The Morgan fingerprint density at radius 1 is 1.06 bits per heavy atom. The van der Waals surface area contributed by atoms with Crippen molar-refractivity contribution in [2.24, 2.45) is 7.05 Å². The van der Waals surface area contributed by atoms with Crippen molar-refractivity contribution in [3.63, 3.8) is 0 Å². The Balaban J connectivity index is 2.15. The summed E-state index contributed by atoms with van der Waals surface area (Å²) in [7, 11) is 2.03. The smallest absolute Gasteiger partial charge is 0.140 e. The zero-order valence-electron chi connectivity index (χ0n) is 10.7. The average Bonchev–Trinajstić information content (AvgIpc) is 2.77. The predicted molar refractivity (Wildman–Crippen MR) is 70.9 cm³/mol. The van der Waals surface area contributed by atoms with Crippen LogP contribution in [-0.4, -0.2) is 9.55 Å². The minimum Gasteiger partial charge on any atom is -0.327 e. The normalized spacial score (nSPS) is 11.7. The first-order chi connectivity index (χ1) is 8.79. The predicted octanol–water partition coefficient (Wildman–Crippen LogP) is 3.55. The summed E-state index contributed by atoms with van der Waals surface area (Å²) in [5.74, 6) is 0.965. The monoisotopic (exact) mass is 223 g/mol. The van der Waals surface area contributed by atoms with Crippen molar-refractivity contribution in [2.45, 2.75) is 6.90 Å². The second-order valence-electron chi connectivity index (χ2n) is 4.18. The maximum absolute atomic E-state index is 7.33. The minimum atomic E-state index is 0.322. The summed E-state index contributed by atoms with van der Waals surface area (Å²) in [5, 5.41) is 0. The van der Waals surface area contributed by atoms with Crippen molar-refractivity contribution >= 4 is 11.0 Å². The summed E-state index contributed by atoms with van der Waals surface area (Å²) in [4.78, 5) is 4.65. The van der Waals surface area contributed by atoms with Gasteiger partial charge in [-0.05, 0) is 19.0 Å². The Morgan fingerprint density at radius 3 is 2.53 bits per heavy atom. The molecule has 2 aromatic carbocycles. The molecule has 3 aromatic rings. The summed E-state index contributed by atoms with van der Waals surface area (Å²) >= 11 is 0. The third-order valence-electron chi connectivity index (χ3n) is 3.00. The topological polar surface area (TPSA) is 17.8 Å². The molecule has 2 nitrogen and oxygen atoms in total. The molecule has 0 atom stereocenters. The molecular formula is C15H14N2. The lowest BCUT2D eigenvalue weighted by Gasteiger charge is -2.02. The number of nitrogens with zero attached hydrogens (tertiary/aromatic N) is 2. The molecule has 84 valence electrons. The highest BCUT2D eigenvalue weighted by molar-refractivity contribution is 5.80. The Labute approximate surface area is 102 Å². The van der Waals surface area contributed by atoms with Gasteiger partial charge in [-0.25, -0.2) is 4.98 Å². The molecule has 0 saturated carbocycles. The van der Waals surface area contributed by atoms with Gasteiger partial charge < -0.3 is 4.57 Å². The fourth-order valence-electron chi connectivity index (χ4n) is 2.06. The van der Waals surface area contributed by atoms with E-state index < -0.39 is 0 Å². The zero-order valence-corrected chi connectivity index (χ0v) is 9.72. The molecule has 0 N–H and O–H groups in total. The largest absolute Gasteiger partial charge is 0.327 e. The van der Waals surface area contributed by atoms with Crippen LogP contribution in [0, 0.1) is 6.90 Å². The van der Waals surface area contributed by atoms with E-state index in [0.717, 1.165) is 28.0 Å². The number of aromatic nitrogens is 2. The number of rotatable bonds is 1. The summed E-state index contributed by atoms with van der Waals surface area (Å²) in [6.45, 7) is 0.322. The highest BCUT2D eigenvalue weighted by Crippen LogP contribution is 2.23. The minimum absolute atomic E-state index is 0.322. The van der Waals surface area contributed by atoms with E-state index in [2.05, 4.69) is 15.6 Å².